The molecule has 1 aromatic carbocycles. The van der Waals surface area contributed by atoms with Gasteiger partial charge in [-0.3, -0.25) is 9.59 Å². The van der Waals surface area contributed by atoms with Crippen molar-refractivity contribution in [2.45, 2.75) is 4.90 Å². The maximum Gasteiger partial charge on any atom is 0.269 e. The molecule has 1 aliphatic heterocycles. The number of nitrogens with zero attached hydrogens (tertiary/aromatic N) is 1. The summed E-state index contributed by atoms with van der Waals surface area (Å²) in [6.07, 6.45) is 1.45. The number of methoxy groups -OCH3 is 2. The summed E-state index contributed by atoms with van der Waals surface area (Å²) in [6.45, 7) is 3.01. The Morgan fingerprint density at radius 2 is 1.91 bits per heavy atom. The Morgan fingerprint density at radius 3 is 2.48 bits per heavy atom. The Bertz CT molecular complexity index is 772. The van der Waals surface area contributed by atoms with Crippen molar-refractivity contribution in [3.63, 3.8) is 0 Å². The van der Waals surface area contributed by atoms with E-state index in [9.17, 15) is 18.0 Å². The van der Waals surface area contributed by atoms with Crippen LogP contribution in [0.4, 0.5) is 0 Å². The third-order valence-electron chi connectivity index (χ3n) is 3.24. The minimum atomic E-state index is -4.11. The van der Waals surface area contributed by atoms with Gasteiger partial charge in [0.1, 0.15) is 11.4 Å². The summed E-state index contributed by atoms with van der Waals surface area (Å²) >= 11 is 0. The zero-order valence-corrected chi connectivity index (χ0v) is 13.5. The number of ether oxygens (including phenoxy) is 2. The summed E-state index contributed by atoms with van der Waals surface area (Å²) in [4.78, 5) is 23.9. The Balaban J connectivity index is 2.42. The first-order valence-corrected chi connectivity index (χ1v) is 8.01. The lowest BCUT2D eigenvalue weighted by Gasteiger charge is -2.14. The highest BCUT2D eigenvalue weighted by molar-refractivity contribution is 7.90. The van der Waals surface area contributed by atoms with Crippen LogP contribution in [0.3, 0.4) is 0 Å². The van der Waals surface area contributed by atoms with Crippen LogP contribution in [0.2, 0.25) is 0 Å². The largest absolute Gasteiger partial charge is 0.493 e. The molecule has 124 valence electrons. The number of fused-ring (bicyclic) bond motifs is 1. The van der Waals surface area contributed by atoms with Crippen molar-refractivity contribution in [2.75, 3.05) is 27.3 Å². The van der Waals surface area contributed by atoms with Gasteiger partial charge in [-0.2, -0.15) is 0 Å². The van der Waals surface area contributed by atoms with Gasteiger partial charge in [-0.1, -0.05) is 6.08 Å². The lowest BCUT2D eigenvalue weighted by molar-refractivity contribution is -0.120. The lowest BCUT2D eigenvalue weighted by atomic mass is 10.2. The number of carbonyl (C=O) groups excluding carboxylic acids is 2. The molecular weight excluding hydrogens is 324 g/mol. The third kappa shape index (κ3) is 2.87. The van der Waals surface area contributed by atoms with Crippen molar-refractivity contribution in [3.05, 3.63) is 30.4 Å². The van der Waals surface area contributed by atoms with Crippen molar-refractivity contribution in [1.29, 1.82) is 0 Å². The molecule has 1 aliphatic rings. The first kappa shape index (κ1) is 16.8. The Kier molecular flexibility index (Phi) is 4.60. The molecule has 1 aromatic rings. The van der Waals surface area contributed by atoms with Gasteiger partial charge in [-0.05, 0) is 6.07 Å². The number of hydrogen-bond acceptors (Lipinski definition) is 6. The Morgan fingerprint density at radius 1 is 1.30 bits per heavy atom. The van der Waals surface area contributed by atoms with E-state index in [2.05, 4.69) is 11.9 Å². The summed E-state index contributed by atoms with van der Waals surface area (Å²) in [5.74, 6) is -0.975. The van der Waals surface area contributed by atoms with Gasteiger partial charge in [-0.25, -0.2) is 12.7 Å². The standard InChI is InChI=1S/C14H16N2O6S/c1-4-5-15-13(17)8-16-14(18)9-6-10(21-2)11(22-3)7-12(9)23(16,19)20/h4,6-7H,1,5,8H2,2-3H3,(H,15,17). The normalized spacial score (nSPS) is 15.0. The number of rotatable bonds is 6. The van der Waals surface area contributed by atoms with E-state index in [4.69, 9.17) is 9.47 Å². The zero-order chi connectivity index (χ0) is 17.2. The van der Waals surface area contributed by atoms with Crippen molar-refractivity contribution in [1.82, 2.24) is 9.62 Å². The maximum atomic E-state index is 12.5. The van der Waals surface area contributed by atoms with Crippen LogP contribution in [0.5, 0.6) is 11.5 Å². The molecule has 0 spiro atoms. The predicted octanol–water partition coefficient (Wildman–Crippen LogP) is 0.150. The summed E-state index contributed by atoms with van der Waals surface area (Å²) < 4.78 is 35.6. The molecule has 0 fully saturated rings. The molecule has 2 amide bonds. The van der Waals surface area contributed by atoms with Crippen LogP contribution < -0.4 is 14.8 Å². The molecule has 0 radical (unpaired) electrons. The maximum absolute atomic E-state index is 12.5. The predicted molar refractivity (Wildman–Crippen MR) is 81.0 cm³/mol. The van der Waals surface area contributed by atoms with Crippen molar-refractivity contribution in [3.8, 4) is 11.5 Å². The van der Waals surface area contributed by atoms with Gasteiger partial charge in [0.15, 0.2) is 11.5 Å². The van der Waals surface area contributed by atoms with Gasteiger partial charge in [0, 0.05) is 12.6 Å². The fourth-order valence-corrected chi connectivity index (χ4v) is 3.65. The molecule has 8 nitrogen and oxygen atoms in total. The minimum Gasteiger partial charge on any atom is -0.493 e. The second-order valence-electron chi connectivity index (χ2n) is 4.61. The Hall–Kier alpha value is -2.55. The quantitative estimate of drug-likeness (QED) is 0.740. The topological polar surface area (TPSA) is 102 Å². The summed E-state index contributed by atoms with van der Waals surface area (Å²) in [7, 11) is -1.38. The molecule has 1 N–H and O–H groups in total. The van der Waals surface area contributed by atoms with Gasteiger partial charge in [0.05, 0.1) is 19.8 Å². The third-order valence-corrected chi connectivity index (χ3v) is 5.01. The second-order valence-corrected chi connectivity index (χ2v) is 6.44. The molecule has 9 heteroatoms. The van der Waals surface area contributed by atoms with E-state index in [1.54, 1.807) is 0 Å². The molecular formula is C14H16N2O6S. The number of benzene rings is 1. The van der Waals surface area contributed by atoms with Crippen molar-refractivity contribution >= 4 is 21.8 Å². The lowest BCUT2D eigenvalue weighted by Crippen LogP contribution is -2.40. The molecule has 1 heterocycles. The summed E-state index contributed by atoms with van der Waals surface area (Å²) in [6, 6.07) is 2.50. The molecule has 2 rings (SSSR count). The smallest absolute Gasteiger partial charge is 0.269 e. The van der Waals surface area contributed by atoms with E-state index >= 15 is 0 Å². The molecule has 23 heavy (non-hydrogen) atoms. The SMILES string of the molecule is C=CCNC(=O)CN1C(=O)c2cc(OC)c(OC)cc2S1(=O)=O. The van der Waals surface area contributed by atoms with Gasteiger partial charge < -0.3 is 14.8 Å². The van der Waals surface area contributed by atoms with Gasteiger partial charge in [0.2, 0.25) is 5.91 Å². The number of nitrogens with one attached hydrogen (secondary N) is 1. The molecule has 0 aromatic heterocycles. The summed E-state index contributed by atoms with van der Waals surface area (Å²) in [5, 5.41) is 2.42. The number of hydrogen-bond donors (Lipinski definition) is 1. The monoisotopic (exact) mass is 340 g/mol. The average molecular weight is 340 g/mol. The van der Waals surface area contributed by atoms with E-state index in [1.807, 2.05) is 0 Å². The molecule has 0 atom stereocenters. The number of amides is 2. The van der Waals surface area contributed by atoms with Crippen LogP contribution in [0.15, 0.2) is 29.7 Å². The van der Waals surface area contributed by atoms with E-state index < -0.39 is 28.4 Å². The van der Waals surface area contributed by atoms with Crippen LogP contribution in [0.25, 0.3) is 0 Å². The highest BCUT2D eigenvalue weighted by Crippen LogP contribution is 2.38. The van der Waals surface area contributed by atoms with Crippen molar-refractivity contribution in [2.24, 2.45) is 0 Å². The van der Waals surface area contributed by atoms with E-state index in [0.717, 1.165) is 0 Å². The van der Waals surface area contributed by atoms with E-state index in [0.29, 0.717) is 4.31 Å². The summed E-state index contributed by atoms with van der Waals surface area (Å²) in [5.41, 5.74) is -0.0563. The van der Waals surface area contributed by atoms with Gasteiger partial charge in [-0.15, -0.1) is 6.58 Å². The fraction of sp³-hybridized carbons (Fsp3) is 0.286. The van der Waals surface area contributed by atoms with Crippen LogP contribution in [-0.2, 0) is 14.8 Å². The fourth-order valence-electron chi connectivity index (χ4n) is 2.13. The van der Waals surface area contributed by atoms with Gasteiger partial charge >= 0.3 is 0 Å². The van der Waals surface area contributed by atoms with E-state index in [1.165, 1.54) is 32.4 Å². The van der Waals surface area contributed by atoms with Gasteiger partial charge in [0.25, 0.3) is 15.9 Å². The Labute approximate surface area is 133 Å². The van der Waals surface area contributed by atoms with Crippen LogP contribution >= 0.6 is 0 Å². The van der Waals surface area contributed by atoms with Crippen LogP contribution in [0, 0.1) is 0 Å². The van der Waals surface area contributed by atoms with Crippen molar-refractivity contribution < 1.29 is 27.5 Å². The number of carbonyl (C=O) groups is 2. The second kappa shape index (κ2) is 6.29. The number of sulfonamides is 1. The first-order valence-electron chi connectivity index (χ1n) is 6.57. The van der Waals surface area contributed by atoms with Crippen LogP contribution in [-0.4, -0.2) is 51.8 Å². The molecule has 0 aliphatic carbocycles. The highest BCUT2D eigenvalue weighted by atomic mass is 32.2. The highest BCUT2D eigenvalue weighted by Gasteiger charge is 2.43. The average Bonchev–Trinajstić information content (AvgIpc) is 2.72. The molecule has 0 saturated carbocycles. The molecule has 0 saturated heterocycles. The molecule has 0 unspecified atom stereocenters. The van der Waals surface area contributed by atoms with E-state index in [-0.39, 0.29) is 28.5 Å². The zero-order valence-electron chi connectivity index (χ0n) is 12.7. The first-order chi connectivity index (χ1) is 10.9. The van der Waals surface area contributed by atoms with Crippen LogP contribution in [0.1, 0.15) is 10.4 Å². The molecule has 0 bridgehead atoms. The minimum absolute atomic E-state index is 0.0563.